The van der Waals surface area contributed by atoms with Crippen molar-refractivity contribution in [1.82, 2.24) is 5.32 Å². The first kappa shape index (κ1) is 16.1. The van der Waals surface area contributed by atoms with E-state index in [1.165, 1.54) is 24.3 Å². The first-order chi connectivity index (χ1) is 9.52. The standard InChI is InChI=1S/C14H19FN2O3/c1-2-3-12(14(19)20)16-9-8-13(18)17-11-6-4-10(15)5-7-11/h4-7,12,16H,2-3,8-9H2,1H3,(H,17,18)(H,19,20). The number of rotatable bonds is 8. The smallest absolute Gasteiger partial charge is 0.320 e. The van der Waals surface area contributed by atoms with Gasteiger partial charge in [-0.2, -0.15) is 0 Å². The molecule has 0 aliphatic carbocycles. The summed E-state index contributed by atoms with van der Waals surface area (Å²) in [4.78, 5) is 22.5. The summed E-state index contributed by atoms with van der Waals surface area (Å²) >= 11 is 0. The van der Waals surface area contributed by atoms with Crippen molar-refractivity contribution >= 4 is 17.6 Å². The van der Waals surface area contributed by atoms with E-state index in [2.05, 4.69) is 10.6 Å². The molecule has 1 aromatic rings. The van der Waals surface area contributed by atoms with Gasteiger partial charge in [-0.25, -0.2) is 4.39 Å². The average Bonchev–Trinajstić information content (AvgIpc) is 2.40. The van der Waals surface area contributed by atoms with Crippen LogP contribution in [0.3, 0.4) is 0 Å². The molecule has 1 unspecified atom stereocenters. The zero-order valence-corrected chi connectivity index (χ0v) is 11.4. The number of hydrogen-bond acceptors (Lipinski definition) is 3. The topological polar surface area (TPSA) is 78.4 Å². The summed E-state index contributed by atoms with van der Waals surface area (Å²) in [6.45, 7) is 2.18. The molecule has 1 amide bonds. The maximum absolute atomic E-state index is 12.7. The molecule has 0 aliphatic rings. The van der Waals surface area contributed by atoms with E-state index in [0.717, 1.165) is 6.42 Å². The molecule has 0 spiro atoms. The average molecular weight is 282 g/mol. The van der Waals surface area contributed by atoms with E-state index in [4.69, 9.17) is 5.11 Å². The molecule has 0 aromatic heterocycles. The highest BCUT2D eigenvalue weighted by atomic mass is 19.1. The molecule has 110 valence electrons. The van der Waals surface area contributed by atoms with Gasteiger partial charge >= 0.3 is 5.97 Å². The Morgan fingerprint density at radius 2 is 1.95 bits per heavy atom. The van der Waals surface area contributed by atoms with E-state index in [1.54, 1.807) is 0 Å². The molecule has 20 heavy (non-hydrogen) atoms. The van der Waals surface area contributed by atoms with E-state index in [0.29, 0.717) is 12.1 Å². The number of carboxylic acid groups (broad SMARTS) is 1. The van der Waals surface area contributed by atoms with E-state index in [9.17, 15) is 14.0 Å². The van der Waals surface area contributed by atoms with Crippen molar-refractivity contribution in [1.29, 1.82) is 0 Å². The molecule has 1 rings (SSSR count). The maximum atomic E-state index is 12.7. The van der Waals surface area contributed by atoms with Crippen LogP contribution < -0.4 is 10.6 Å². The lowest BCUT2D eigenvalue weighted by Crippen LogP contribution is -2.38. The van der Waals surface area contributed by atoms with E-state index < -0.39 is 12.0 Å². The summed E-state index contributed by atoms with van der Waals surface area (Å²) < 4.78 is 12.7. The summed E-state index contributed by atoms with van der Waals surface area (Å²) in [5, 5.41) is 14.4. The SMILES string of the molecule is CCCC(NCCC(=O)Nc1ccc(F)cc1)C(=O)O. The Labute approximate surface area is 117 Å². The fourth-order valence-corrected chi connectivity index (χ4v) is 1.72. The van der Waals surface area contributed by atoms with Gasteiger partial charge in [-0.3, -0.25) is 9.59 Å². The van der Waals surface area contributed by atoms with E-state index in [1.807, 2.05) is 6.92 Å². The Kier molecular flexibility index (Phi) is 6.66. The van der Waals surface area contributed by atoms with Crippen LogP contribution in [-0.4, -0.2) is 29.6 Å². The normalized spacial score (nSPS) is 11.9. The Morgan fingerprint density at radius 3 is 2.50 bits per heavy atom. The lowest BCUT2D eigenvalue weighted by atomic mass is 10.1. The van der Waals surface area contributed by atoms with Crippen LogP contribution in [0.15, 0.2) is 24.3 Å². The van der Waals surface area contributed by atoms with Crippen molar-refractivity contribution in [3.8, 4) is 0 Å². The van der Waals surface area contributed by atoms with Crippen LogP contribution in [0.1, 0.15) is 26.2 Å². The van der Waals surface area contributed by atoms with E-state index in [-0.39, 0.29) is 24.7 Å². The number of benzene rings is 1. The second kappa shape index (κ2) is 8.27. The Balaban J connectivity index is 2.32. The fourth-order valence-electron chi connectivity index (χ4n) is 1.72. The predicted octanol–water partition coefficient (Wildman–Crippen LogP) is 2.00. The van der Waals surface area contributed by atoms with Gasteiger partial charge in [0.2, 0.25) is 5.91 Å². The van der Waals surface area contributed by atoms with Crippen molar-refractivity contribution in [2.24, 2.45) is 0 Å². The number of halogens is 1. The minimum Gasteiger partial charge on any atom is -0.480 e. The molecule has 3 N–H and O–H groups in total. The van der Waals surface area contributed by atoms with Crippen molar-refractivity contribution in [2.75, 3.05) is 11.9 Å². The van der Waals surface area contributed by atoms with Gasteiger partial charge in [0.1, 0.15) is 11.9 Å². The van der Waals surface area contributed by atoms with Gasteiger partial charge in [0, 0.05) is 18.7 Å². The number of amides is 1. The molecule has 5 nitrogen and oxygen atoms in total. The summed E-state index contributed by atoms with van der Waals surface area (Å²) in [6, 6.07) is 4.83. The minimum absolute atomic E-state index is 0.158. The molecular formula is C14H19FN2O3. The number of nitrogens with one attached hydrogen (secondary N) is 2. The van der Waals surface area contributed by atoms with Crippen LogP contribution in [0, 0.1) is 5.82 Å². The molecule has 0 bridgehead atoms. The second-order valence-electron chi connectivity index (χ2n) is 4.44. The van der Waals surface area contributed by atoms with Crippen LogP contribution in [0.5, 0.6) is 0 Å². The van der Waals surface area contributed by atoms with Crippen LogP contribution >= 0.6 is 0 Å². The molecule has 6 heteroatoms. The third-order valence-electron chi connectivity index (χ3n) is 2.75. The minimum atomic E-state index is -0.911. The van der Waals surface area contributed by atoms with Crippen molar-refractivity contribution < 1.29 is 19.1 Å². The summed E-state index contributed by atoms with van der Waals surface area (Å²) in [6.07, 6.45) is 1.44. The number of carboxylic acids is 1. The van der Waals surface area contributed by atoms with Gasteiger partial charge in [0.05, 0.1) is 0 Å². The zero-order valence-electron chi connectivity index (χ0n) is 11.4. The highest BCUT2D eigenvalue weighted by molar-refractivity contribution is 5.90. The lowest BCUT2D eigenvalue weighted by molar-refractivity contribution is -0.139. The quantitative estimate of drug-likeness (QED) is 0.681. The first-order valence-corrected chi connectivity index (χ1v) is 6.54. The molecule has 0 radical (unpaired) electrons. The third kappa shape index (κ3) is 5.79. The number of carbonyl (C=O) groups is 2. The monoisotopic (exact) mass is 282 g/mol. The molecule has 1 aromatic carbocycles. The van der Waals surface area contributed by atoms with Crippen LogP contribution in [0.2, 0.25) is 0 Å². The van der Waals surface area contributed by atoms with Gasteiger partial charge in [-0.15, -0.1) is 0 Å². The van der Waals surface area contributed by atoms with Gasteiger partial charge in [-0.05, 0) is 30.7 Å². The zero-order chi connectivity index (χ0) is 15.0. The Hall–Kier alpha value is -1.95. The number of aliphatic carboxylic acids is 1. The first-order valence-electron chi connectivity index (χ1n) is 6.54. The highest BCUT2D eigenvalue weighted by Gasteiger charge is 2.15. The number of anilines is 1. The summed E-state index contributed by atoms with van der Waals surface area (Å²) in [5.74, 6) is -1.52. The molecule has 0 fully saturated rings. The molecule has 0 heterocycles. The van der Waals surface area contributed by atoms with Gasteiger partial charge in [0.15, 0.2) is 0 Å². The van der Waals surface area contributed by atoms with Gasteiger partial charge in [0.25, 0.3) is 0 Å². The second-order valence-corrected chi connectivity index (χ2v) is 4.44. The van der Waals surface area contributed by atoms with Crippen LogP contribution in [-0.2, 0) is 9.59 Å². The molecular weight excluding hydrogens is 263 g/mol. The predicted molar refractivity (Wildman–Crippen MR) is 74.0 cm³/mol. The molecule has 0 saturated carbocycles. The highest BCUT2D eigenvalue weighted by Crippen LogP contribution is 2.08. The number of carbonyl (C=O) groups excluding carboxylic acids is 1. The van der Waals surface area contributed by atoms with Gasteiger partial charge < -0.3 is 15.7 Å². The van der Waals surface area contributed by atoms with Crippen molar-refractivity contribution in [2.45, 2.75) is 32.2 Å². The number of hydrogen-bond donors (Lipinski definition) is 3. The maximum Gasteiger partial charge on any atom is 0.320 e. The third-order valence-corrected chi connectivity index (χ3v) is 2.75. The largest absolute Gasteiger partial charge is 0.480 e. The lowest BCUT2D eigenvalue weighted by Gasteiger charge is -2.13. The van der Waals surface area contributed by atoms with Crippen molar-refractivity contribution in [3.63, 3.8) is 0 Å². The Morgan fingerprint density at radius 1 is 1.30 bits per heavy atom. The molecule has 0 aliphatic heterocycles. The van der Waals surface area contributed by atoms with Crippen LogP contribution in [0.25, 0.3) is 0 Å². The van der Waals surface area contributed by atoms with Crippen LogP contribution in [0.4, 0.5) is 10.1 Å². The molecule has 0 saturated heterocycles. The summed E-state index contributed by atoms with van der Waals surface area (Å²) in [7, 11) is 0. The fraction of sp³-hybridized carbons (Fsp3) is 0.429. The molecule has 1 atom stereocenters. The van der Waals surface area contributed by atoms with E-state index >= 15 is 0 Å². The van der Waals surface area contributed by atoms with Gasteiger partial charge in [-0.1, -0.05) is 13.3 Å². The Bertz CT molecular complexity index is 448. The van der Waals surface area contributed by atoms with Crippen molar-refractivity contribution in [3.05, 3.63) is 30.1 Å². The summed E-state index contributed by atoms with van der Waals surface area (Å²) in [5.41, 5.74) is 0.514.